The Morgan fingerprint density at radius 2 is 2.07 bits per heavy atom. The van der Waals surface area contributed by atoms with E-state index in [1.54, 1.807) is 6.92 Å². The Morgan fingerprint density at radius 3 is 2.90 bits per heavy atom. The van der Waals surface area contributed by atoms with Gasteiger partial charge in [-0.25, -0.2) is 19.7 Å². The fraction of sp³-hybridized carbons (Fsp3) is 0.333. The molecule has 0 saturated carbocycles. The standard InChI is InChI=1S/C21H23N5O2S/c1-4-28-21(27)18-13(2)17-19(23-12-24-20(17)29-18)22-10-7-11-26-14(3)25-15-8-5-6-9-16(15)26/h5-6,8-9,12H,4,7,10-11H2,1-3H3,(H,22,23,24). The number of aryl methyl sites for hydroxylation is 3. The molecule has 0 bridgehead atoms. The third-order valence-electron chi connectivity index (χ3n) is 4.88. The first-order valence-corrected chi connectivity index (χ1v) is 10.5. The number of ether oxygens (including phenoxy) is 1. The van der Waals surface area contributed by atoms with Crippen molar-refractivity contribution < 1.29 is 9.53 Å². The van der Waals surface area contributed by atoms with Crippen molar-refractivity contribution >= 4 is 44.4 Å². The summed E-state index contributed by atoms with van der Waals surface area (Å²) in [4.78, 5) is 26.9. The van der Waals surface area contributed by atoms with Crippen molar-refractivity contribution in [3.63, 3.8) is 0 Å². The Bertz CT molecular complexity index is 1180. The number of nitrogens with zero attached hydrogens (tertiary/aromatic N) is 4. The van der Waals surface area contributed by atoms with Gasteiger partial charge in [-0.05, 0) is 44.9 Å². The molecular weight excluding hydrogens is 386 g/mol. The quantitative estimate of drug-likeness (QED) is 0.361. The predicted molar refractivity (Wildman–Crippen MR) is 116 cm³/mol. The average molecular weight is 410 g/mol. The van der Waals surface area contributed by atoms with Gasteiger partial charge in [0, 0.05) is 13.1 Å². The highest BCUT2D eigenvalue weighted by atomic mass is 32.1. The van der Waals surface area contributed by atoms with Crippen LogP contribution in [0.4, 0.5) is 5.82 Å². The van der Waals surface area contributed by atoms with Crippen LogP contribution in [-0.4, -0.2) is 38.6 Å². The SMILES string of the molecule is CCOC(=O)c1sc2ncnc(NCCCn3c(C)nc4ccccc43)c2c1C. The van der Waals surface area contributed by atoms with E-state index < -0.39 is 0 Å². The number of carbonyl (C=O) groups is 1. The highest BCUT2D eigenvalue weighted by Gasteiger charge is 2.20. The highest BCUT2D eigenvalue weighted by Crippen LogP contribution is 2.33. The lowest BCUT2D eigenvalue weighted by molar-refractivity contribution is 0.0531. The number of thiophene rings is 1. The molecule has 0 spiro atoms. The lowest BCUT2D eigenvalue weighted by Crippen LogP contribution is -2.09. The number of carbonyl (C=O) groups excluding carboxylic acids is 1. The summed E-state index contributed by atoms with van der Waals surface area (Å²) in [5.74, 6) is 1.47. The van der Waals surface area contributed by atoms with Crippen molar-refractivity contribution in [2.24, 2.45) is 0 Å². The Morgan fingerprint density at radius 1 is 1.24 bits per heavy atom. The van der Waals surface area contributed by atoms with Gasteiger partial charge in [0.2, 0.25) is 0 Å². The van der Waals surface area contributed by atoms with E-state index in [2.05, 4.69) is 30.9 Å². The van der Waals surface area contributed by atoms with Crippen LogP contribution in [0.2, 0.25) is 0 Å². The molecule has 0 atom stereocenters. The van der Waals surface area contributed by atoms with Crippen LogP contribution < -0.4 is 5.32 Å². The number of hydrogen-bond acceptors (Lipinski definition) is 7. The summed E-state index contributed by atoms with van der Waals surface area (Å²) < 4.78 is 7.40. The summed E-state index contributed by atoms with van der Waals surface area (Å²) in [7, 11) is 0. The van der Waals surface area contributed by atoms with Gasteiger partial charge >= 0.3 is 5.97 Å². The van der Waals surface area contributed by atoms with Crippen LogP contribution in [0.1, 0.15) is 34.4 Å². The Kier molecular flexibility index (Phi) is 5.44. The summed E-state index contributed by atoms with van der Waals surface area (Å²) in [6.45, 7) is 7.73. The van der Waals surface area contributed by atoms with E-state index in [4.69, 9.17) is 4.74 Å². The predicted octanol–water partition coefficient (Wildman–Crippen LogP) is 4.34. The Balaban J connectivity index is 1.48. The fourth-order valence-corrected chi connectivity index (χ4v) is 4.56. The molecule has 0 unspecified atom stereocenters. The van der Waals surface area contributed by atoms with Gasteiger partial charge in [0.15, 0.2) is 0 Å². The molecule has 0 aliphatic rings. The van der Waals surface area contributed by atoms with Crippen LogP contribution in [0.5, 0.6) is 0 Å². The summed E-state index contributed by atoms with van der Waals surface area (Å²) in [5.41, 5.74) is 3.04. The number of esters is 1. The van der Waals surface area contributed by atoms with E-state index >= 15 is 0 Å². The van der Waals surface area contributed by atoms with Gasteiger partial charge in [-0.15, -0.1) is 11.3 Å². The lowest BCUT2D eigenvalue weighted by Gasteiger charge is -2.09. The second-order valence-electron chi connectivity index (χ2n) is 6.76. The molecular formula is C21H23N5O2S. The number of aromatic nitrogens is 4. The van der Waals surface area contributed by atoms with E-state index in [9.17, 15) is 4.79 Å². The number of imidazole rings is 1. The van der Waals surface area contributed by atoms with Crippen molar-refractivity contribution in [1.29, 1.82) is 0 Å². The maximum atomic E-state index is 12.2. The smallest absolute Gasteiger partial charge is 0.348 e. The van der Waals surface area contributed by atoms with E-state index in [1.165, 1.54) is 17.7 Å². The van der Waals surface area contributed by atoms with E-state index in [0.717, 1.165) is 58.0 Å². The molecule has 4 rings (SSSR count). The van der Waals surface area contributed by atoms with Crippen LogP contribution >= 0.6 is 11.3 Å². The maximum absolute atomic E-state index is 12.2. The number of rotatable bonds is 7. The monoisotopic (exact) mass is 409 g/mol. The topological polar surface area (TPSA) is 81.9 Å². The van der Waals surface area contributed by atoms with Gasteiger partial charge in [0.1, 0.15) is 27.7 Å². The van der Waals surface area contributed by atoms with Crippen molar-refractivity contribution in [1.82, 2.24) is 19.5 Å². The maximum Gasteiger partial charge on any atom is 0.348 e. The molecule has 1 N–H and O–H groups in total. The zero-order valence-electron chi connectivity index (χ0n) is 16.7. The summed E-state index contributed by atoms with van der Waals surface area (Å²) >= 11 is 1.35. The normalized spacial score (nSPS) is 11.3. The molecule has 0 amide bonds. The van der Waals surface area contributed by atoms with Crippen LogP contribution in [0.15, 0.2) is 30.6 Å². The number of benzene rings is 1. The molecule has 1 aromatic carbocycles. The first-order valence-electron chi connectivity index (χ1n) is 9.67. The second kappa shape index (κ2) is 8.16. The van der Waals surface area contributed by atoms with Crippen molar-refractivity contribution in [3.8, 4) is 0 Å². The minimum Gasteiger partial charge on any atom is -0.462 e. The van der Waals surface area contributed by atoms with Gasteiger partial charge in [-0.1, -0.05) is 12.1 Å². The Hall–Kier alpha value is -3.00. The first-order chi connectivity index (χ1) is 14.1. The Labute approximate surface area is 172 Å². The summed E-state index contributed by atoms with van der Waals surface area (Å²) in [6.07, 6.45) is 2.45. The zero-order chi connectivity index (χ0) is 20.4. The van der Waals surface area contributed by atoms with Gasteiger partial charge < -0.3 is 14.6 Å². The van der Waals surface area contributed by atoms with Gasteiger partial charge in [-0.2, -0.15) is 0 Å². The summed E-state index contributed by atoms with van der Waals surface area (Å²) in [6, 6.07) is 8.18. The third kappa shape index (κ3) is 3.67. The van der Waals surface area contributed by atoms with E-state index in [-0.39, 0.29) is 5.97 Å². The zero-order valence-corrected chi connectivity index (χ0v) is 17.5. The van der Waals surface area contributed by atoms with Crippen molar-refractivity contribution in [2.75, 3.05) is 18.5 Å². The third-order valence-corrected chi connectivity index (χ3v) is 6.06. The van der Waals surface area contributed by atoms with Crippen molar-refractivity contribution in [3.05, 3.63) is 46.9 Å². The van der Waals surface area contributed by atoms with Gasteiger partial charge in [0.05, 0.1) is 23.0 Å². The number of para-hydroxylation sites is 2. The molecule has 150 valence electrons. The second-order valence-corrected chi connectivity index (χ2v) is 7.76. The van der Waals surface area contributed by atoms with E-state index in [1.807, 2.05) is 32.0 Å². The summed E-state index contributed by atoms with van der Waals surface area (Å²) in [5, 5.41) is 4.31. The number of nitrogens with one attached hydrogen (secondary N) is 1. The van der Waals surface area contributed by atoms with Crippen LogP contribution in [0.25, 0.3) is 21.3 Å². The molecule has 3 heterocycles. The average Bonchev–Trinajstić information content (AvgIpc) is 3.22. The first kappa shape index (κ1) is 19.3. The minimum atomic E-state index is -0.304. The molecule has 3 aromatic heterocycles. The molecule has 29 heavy (non-hydrogen) atoms. The number of hydrogen-bond donors (Lipinski definition) is 1. The molecule has 7 nitrogen and oxygen atoms in total. The van der Waals surface area contributed by atoms with E-state index in [0.29, 0.717) is 11.5 Å². The molecule has 4 aromatic rings. The molecule has 0 saturated heterocycles. The molecule has 0 aliphatic heterocycles. The van der Waals surface area contributed by atoms with Crippen LogP contribution in [0.3, 0.4) is 0 Å². The number of anilines is 1. The molecule has 0 radical (unpaired) electrons. The van der Waals surface area contributed by atoms with Gasteiger partial charge in [-0.3, -0.25) is 0 Å². The largest absolute Gasteiger partial charge is 0.462 e. The lowest BCUT2D eigenvalue weighted by atomic mass is 10.2. The van der Waals surface area contributed by atoms with Crippen LogP contribution in [0, 0.1) is 13.8 Å². The van der Waals surface area contributed by atoms with Gasteiger partial charge in [0.25, 0.3) is 0 Å². The van der Waals surface area contributed by atoms with Crippen LogP contribution in [-0.2, 0) is 11.3 Å². The molecule has 0 fully saturated rings. The molecule has 0 aliphatic carbocycles. The number of fused-ring (bicyclic) bond motifs is 2. The highest BCUT2D eigenvalue weighted by molar-refractivity contribution is 7.20. The van der Waals surface area contributed by atoms with Crippen molar-refractivity contribution in [2.45, 2.75) is 33.7 Å². The minimum absolute atomic E-state index is 0.304. The fourth-order valence-electron chi connectivity index (χ4n) is 3.52. The molecule has 8 heteroatoms.